The van der Waals surface area contributed by atoms with Crippen molar-refractivity contribution in [2.24, 2.45) is 0 Å². The first-order chi connectivity index (χ1) is 13.5. The van der Waals surface area contributed by atoms with Crippen molar-refractivity contribution in [1.82, 2.24) is 10.2 Å². The minimum atomic E-state index is -0.546. The van der Waals surface area contributed by atoms with Crippen molar-refractivity contribution in [3.8, 4) is 0 Å². The second-order valence-electron chi connectivity index (χ2n) is 6.89. The number of thiophene rings is 1. The lowest BCUT2D eigenvalue weighted by Crippen LogP contribution is -2.50. The van der Waals surface area contributed by atoms with Crippen LogP contribution in [0.5, 0.6) is 0 Å². The second-order valence-corrected chi connectivity index (χ2v) is 7.89. The summed E-state index contributed by atoms with van der Waals surface area (Å²) in [5.41, 5.74) is 1.85. The molecule has 1 aliphatic heterocycles. The summed E-state index contributed by atoms with van der Waals surface area (Å²) < 4.78 is 0. The molecule has 7 nitrogen and oxygen atoms in total. The number of nitrogens with one attached hydrogen (secondary N) is 1. The first-order valence-corrected chi connectivity index (χ1v) is 10.2. The Balaban J connectivity index is 1.61. The fourth-order valence-corrected chi connectivity index (χ4v) is 4.26. The van der Waals surface area contributed by atoms with Gasteiger partial charge in [-0.2, -0.15) is 0 Å². The molecule has 1 aromatic heterocycles. The van der Waals surface area contributed by atoms with Gasteiger partial charge in [-0.05, 0) is 35.4 Å². The van der Waals surface area contributed by atoms with E-state index in [-0.39, 0.29) is 23.9 Å². The topological polar surface area (TPSA) is 92.5 Å². The third-order valence-corrected chi connectivity index (χ3v) is 5.86. The van der Waals surface area contributed by atoms with E-state index in [1.807, 2.05) is 17.2 Å². The monoisotopic (exact) mass is 401 g/mol. The Bertz CT molecular complexity index is 863. The summed E-state index contributed by atoms with van der Waals surface area (Å²) in [4.78, 5) is 38.8. The van der Waals surface area contributed by atoms with Crippen molar-refractivity contribution in [3.63, 3.8) is 0 Å². The predicted octanol–water partition coefficient (Wildman–Crippen LogP) is 3.07. The minimum Gasteiger partial charge on any atom is -0.344 e. The highest BCUT2D eigenvalue weighted by Crippen LogP contribution is 2.24. The molecule has 0 saturated heterocycles. The Labute approximate surface area is 167 Å². The molecule has 28 heavy (non-hydrogen) atoms. The molecule has 1 aromatic carbocycles. The normalized spacial score (nSPS) is 14.2. The third kappa shape index (κ3) is 4.75. The lowest BCUT2D eigenvalue weighted by molar-refractivity contribution is -0.384. The minimum absolute atomic E-state index is 0.0129. The molecule has 1 unspecified atom stereocenters. The lowest BCUT2D eigenvalue weighted by Gasteiger charge is -2.31. The van der Waals surface area contributed by atoms with Gasteiger partial charge in [-0.15, -0.1) is 11.3 Å². The van der Waals surface area contributed by atoms with Crippen LogP contribution in [-0.2, 0) is 29.0 Å². The van der Waals surface area contributed by atoms with Crippen molar-refractivity contribution >= 4 is 28.8 Å². The van der Waals surface area contributed by atoms with E-state index in [0.717, 1.165) is 12.8 Å². The highest BCUT2D eigenvalue weighted by molar-refractivity contribution is 7.10. The van der Waals surface area contributed by atoms with E-state index in [4.69, 9.17) is 0 Å². The first-order valence-electron chi connectivity index (χ1n) is 9.34. The molecule has 0 radical (unpaired) electrons. The van der Waals surface area contributed by atoms with Gasteiger partial charge >= 0.3 is 0 Å². The summed E-state index contributed by atoms with van der Waals surface area (Å²) in [5, 5.41) is 15.6. The van der Waals surface area contributed by atoms with Gasteiger partial charge in [0.2, 0.25) is 11.8 Å². The van der Waals surface area contributed by atoms with Crippen LogP contribution in [0.25, 0.3) is 0 Å². The quantitative estimate of drug-likeness (QED) is 0.570. The van der Waals surface area contributed by atoms with Gasteiger partial charge in [0.25, 0.3) is 5.69 Å². The van der Waals surface area contributed by atoms with Gasteiger partial charge < -0.3 is 10.2 Å². The number of carbonyl (C=O) groups is 2. The molecule has 1 aliphatic rings. The van der Waals surface area contributed by atoms with Crippen LogP contribution in [0.15, 0.2) is 35.7 Å². The van der Waals surface area contributed by atoms with E-state index in [0.29, 0.717) is 25.1 Å². The molecule has 0 bridgehead atoms. The zero-order valence-electron chi connectivity index (χ0n) is 15.7. The smallest absolute Gasteiger partial charge is 0.269 e. The number of carbonyl (C=O) groups excluding carboxylic acids is 2. The molecule has 1 atom stereocenters. The summed E-state index contributed by atoms with van der Waals surface area (Å²) in [7, 11) is 0. The highest BCUT2D eigenvalue weighted by Gasteiger charge is 2.28. The number of nitro benzene ring substituents is 1. The number of benzene rings is 1. The molecular weight excluding hydrogens is 378 g/mol. The Hall–Kier alpha value is -2.74. The molecule has 0 fully saturated rings. The average Bonchev–Trinajstić information content (AvgIpc) is 3.15. The van der Waals surface area contributed by atoms with Crippen LogP contribution in [-0.4, -0.2) is 34.2 Å². The summed E-state index contributed by atoms with van der Waals surface area (Å²) in [5.74, 6) is -0.301. The highest BCUT2D eigenvalue weighted by atomic mass is 32.1. The number of hydrogen-bond donors (Lipinski definition) is 1. The molecule has 2 heterocycles. The Morgan fingerprint density at radius 1 is 1.29 bits per heavy atom. The average molecular weight is 401 g/mol. The number of amides is 2. The molecule has 3 rings (SSSR count). The maximum atomic E-state index is 13.0. The molecule has 1 N–H and O–H groups in total. The van der Waals surface area contributed by atoms with E-state index < -0.39 is 11.0 Å². The number of rotatable bonds is 7. The van der Waals surface area contributed by atoms with Gasteiger partial charge in [-0.25, -0.2) is 0 Å². The number of nitrogens with zero attached hydrogens (tertiary/aromatic N) is 2. The van der Waals surface area contributed by atoms with E-state index in [1.54, 1.807) is 23.5 Å². The zero-order valence-corrected chi connectivity index (χ0v) is 16.5. The SMILES string of the molecule is CCCC(NC(=O)Cc1ccc([N+](=O)[O-])cc1)C(=O)N1CCc2sccc2C1. The van der Waals surface area contributed by atoms with Gasteiger partial charge in [0.15, 0.2) is 0 Å². The fourth-order valence-electron chi connectivity index (χ4n) is 3.37. The summed E-state index contributed by atoms with van der Waals surface area (Å²) in [6.07, 6.45) is 2.30. The standard InChI is InChI=1S/C20H23N3O4S/c1-2-3-17(20(25)22-10-8-18-15(13-22)9-11-28-18)21-19(24)12-14-4-6-16(7-5-14)23(26)27/h4-7,9,11,17H,2-3,8,10,12-13H2,1H3,(H,21,24). The molecule has 0 spiro atoms. The molecule has 8 heteroatoms. The third-order valence-electron chi connectivity index (χ3n) is 4.84. The summed E-state index contributed by atoms with van der Waals surface area (Å²) in [6.45, 7) is 3.25. The predicted molar refractivity (Wildman–Crippen MR) is 107 cm³/mol. The first kappa shape index (κ1) is 20.0. The van der Waals surface area contributed by atoms with Crippen LogP contribution in [0.1, 0.15) is 35.8 Å². The van der Waals surface area contributed by atoms with Gasteiger partial charge in [0.1, 0.15) is 6.04 Å². The maximum absolute atomic E-state index is 13.0. The van der Waals surface area contributed by atoms with Gasteiger partial charge in [-0.1, -0.05) is 25.5 Å². The summed E-state index contributed by atoms with van der Waals surface area (Å²) in [6, 6.07) is 7.40. The maximum Gasteiger partial charge on any atom is 0.269 e. The van der Waals surface area contributed by atoms with Crippen LogP contribution in [0.2, 0.25) is 0 Å². The van der Waals surface area contributed by atoms with E-state index in [1.165, 1.54) is 22.6 Å². The Morgan fingerprint density at radius 2 is 2.04 bits per heavy atom. The molecule has 2 amide bonds. The van der Waals surface area contributed by atoms with Crippen molar-refractivity contribution in [2.45, 2.75) is 45.2 Å². The number of fused-ring (bicyclic) bond motifs is 1. The van der Waals surface area contributed by atoms with Crippen LogP contribution < -0.4 is 5.32 Å². The molecule has 0 saturated carbocycles. The van der Waals surface area contributed by atoms with Crippen LogP contribution >= 0.6 is 11.3 Å². The largest absolute Gasteiger partial charge is 0.344 e. The molecule has 148 valence electrons. The Morgan fingerprint density at radius 3 is 2.71 bits per heavy atom. The van der Waals surface area contributed by atoms with Crippen molar-refractivity contribution in [1.29, 1.82) is 0 Å². The van der Waals surface area contributed by atoms with Gasteiger partial charge in [0.05, 0.1) is 11.3 Å². The molecule has 0 aliphatic carbocycles. The van der Waals surface area contributed by atoms with Gasteiger partial charge in [-0.3, -0.25) is 19.7 Å². The lowest BCUT2D eigenvalue weighted by atomic mass is 10.1. The van der Waals surface area contributed by atoms with Crippen LogP contribution in [0.3, 0.4) is 0 Å². The zero-order chi connectivity index (χ0) is 20.1. The summed E-state index contributed by atoms with van der Waals surface area (Å²) >= 11 is 1.72. The van der Waals surface area contributed by atoms with Crippen molar-refractivity contribution in [3.05, 3.63) is 61.8 Å². The number of non-ortho nitro benzene ring substituents is 1. The molecular formula is C20H23N3O4S. The second kappa shape index (κ2) is 8.97. The van der Waals surface area contributed by atoms with Crippen LogP contribution in [0.4, 0.5) is 5.69 Å². The number of nitro groups is 1. The Kier molecular flexibility index (Phi) is 6.41. The van der Waals surface area contributed by atoms with E-state index >= 15 is 0 Å². The fraction of sp³-hybridized carbons (Fsp3) is 0.400. The molecule has 2 aromatic rings. The van der Waals surface area contributed by atoms with Crippen molar-refractivity contribution < 1.29 is 14.5 Å². The van der Waals surface area contributed by atoms with E-state index in [9.17, 15) is 19.7 Å². The van der Waals surface area contributed by atoms with E-state index in [2.05, 4.69) is 11.4 Å². The van der Waals surface area contributed by atoms with Gasteiger partial charge in [0, 0.05) is 30.1 Å². The number of hydrogen-bond acceptors (Lipinski definition) is 5. The van der Waals surface area contributed by atoms with Crippen molar-refractivity contribution in [2.75, 3.05) is 6.54 Å². The van der Waals surface area contributed by atoms with Crippen LogP contribution in [0, 0.1) is 10.1 Å².